The summed E-state index contributed by atoms with van der Waals surface area (Å²) >= 11 is 9.22. The Morgan fingerprint density at radius 2 is 1.69 bits per heavy atom. The minimum absolute atomic E-state index is 0.638. The van der Waals surface area contributed by atoms with E-state index >= 15 is 0 Å². The highest BCUT2D eigenvalue weighted by Crippen LogP contribution is 2.26. The molecule has 0 aliphatic carbocycles. The summed E-state index contributed by atoms with van der Waals surface area (Å²) in [4.78, 5) is 0. The Hall–Kier alpha value is -1.30. The number of nitrogens with zero attached hydrogens (tertiary/aromatic N) is 1. The summed E-state index contributed by atoms with van der Waals surface area (Å²) in [5.74, 6) is 0. The first kappa shape index (κ1) is 11.2. The number of halogens is 2. The largest absolute Gasteiger partial charge is 0.192 e. The Balaban J connectivity index is 2.52. The maximum Gasteiger partial charge on any atom is 0.0992 e. The van der Waals surface area contributed by atoms with Crippen LogP contribution in [0.5, 0.6) is 0 Å². The zero-order chi connectivity index (χ0) is 11.5. The van der Waals surface area contributed by atoms with Gasteiger partial charge in [-0.3, -0.25) is 0 Å². The van der Waals surface area contributed by atoms with Crippen molar-refractivity contribution in [2.24, 2.45) is 0 Å². The third-order valence-electron chi connectivity index (χ3n) is 2.20. The molecule has 0 radical (unpaired) electrons. The van der Waals surface area contributed by atoms with Crippen LogP contribution in [-0.4, -0.2) is 0 Å². The lowest BCUT2D eigenvalue weighted by atomic mass is 10.0. The molecule has 0 fully saturated rings. The van der Waals surface area contributed by atoms with E-state index in [1.54, 1.807) is 6.07 Å². The molecule has 0 bridgehead atoms. The van der Waals surface area contributed by atoms with Gasteiger partial charge < -0.3 is 0 Å². The molecule has 2 rings (SSSR count). The Bertz CT molecular complexity index is 555. The third kappa shape index (κ3) is 2.44. The van der Waals surface area contributed by atoms with Crippen LogP contribution in [0.15, 0.2) is 46.9 Å². The van der Waals surface area contributed by atoms with E-state index in [-0.39, 0.29) is 0 Å². The van der Waals surface area contributed by atoms with Gasteiger partial charge in [0.1, 0.15) is 0 Å². The molecular weight excluding hydrogens is 286 g/mol. The first-order chi connectivity index (χ1) is 7.69. The average Bonchev–Trinajstić information content (AvgIpc) is 2.29. The number of hydrogen-bond donors (Lipinski definition) is 0. The SMILES string of the molecule is N#Cc1cc(Br)cc(-c2ccc(Cl)cc2)c1. The predicted octanol–water partition coefficient (Wildman–Crippen LogP) is 4.64. The molecule has 3 heteroatoms. The van der Waals surface area contributed by atoms with Gasteiger partial charge in [-0.1, -0.05) is 39.7 Å². The van der Waals surface area contributed by atoms with Gasteiger partial charge in [-0.2, -0.15) is 5.26 Å². The molecule has 2 aromatic carbocycles. The number of rotatable bonds is 1. The quantitative estimate of drug-likeness (QED) is 0.751. The van der Waals surface area contributed by atoms with Gasteiger partial charge in [0.25, 0.3) is 0 Å². The molecule has 0 amide bonds. The average molecular weight is 293 g/mol. The maximum absolute atomic E-state index is 8.89. The van der Waals surface area contributed by atoms with E-state index in [4.69, 9.17) is 16.9 Å². The zero-order valence-corrected chi connectivity index (χ0v) is 10.6. The van der Waals surface area contributed by atoms with E-state index < -0.39 is 0 Å². The lowest BCUT2D eigenvalue weighted by Gasteiger charge is -2.03. The standard InChI is InChI=1S/C13H7BrClN/c14-12-6-9(8-16)5-11(7-12)10-1-3-13(15)4-2-10/h1-7H. The van der Waals surface area contributed by atoms with Crippen LogP contribution in [0.1, 0.15) is 5.56 Å². The predicted molar refractivity (Wildman–Crippen MR) is 69.3 cm³/mol. The van der Waals surface area contributed by atoms with E-state index in [2.05, 4.69) is 22.0 Å². The molecular formula is C13H7BrClN. The van der Waals surface area contributed by atoms with Crippen LogP contribution >= 0.6 is 27.5 Å². The fourth-order valence-electron chi connectivity index (χ4n) is 1.46. The van der Waals surface area contributed by atoms with Gasteiger partial charge in [0.15, 0.2) is 0 Å². The Kier molecular flexibility index (Phi) is 3.28. The van der Waals surface area contributed by atoms with Gasteiger partial charge in [0.05, 0.1) is 11.6 Å². The van der Waals surface area contributed by atoms with Crippen LogP contribution in [0.3, 0.4) is 0 Å². The Morgan fingerprint density at radius 1 is 1.00 bits per heavy atom. The summed E-state index contributed by atoms with van der Waals surface area (Å²) in [7, 11) is 0. The van der Waals surface area contributed by atoms with Crippen molar-refractivity contribution < 1.29 is 0 Å². The molecule has 0 heterocycles. The summed E-state index contributed by atoms with van der Waals surface area (Å²) in [6, 6.07) is 15.3. The van der Waals surface area contributed by atoms with Gasteiger partial charge in [-0.15, -0.1) is 0 Å². The second-order valence-corrected chi connectivity index (χ2v) is 4.70. The second kappa shape index (κ2) is 4.69. The van der Waals surface area contributed by atoms with Crippen molar-refractivity contribution in [1.29, 1.82) is 5.26 Å². The Labute approximate surface area is 107 Å². The van der Waals surface area contributed by atoms with Crippen LogP contribution in [-0.2, 0) is 0 Å². The maximum atomic E-state index is 8.89. The summed E-state index contributed by atoms with van der Waals surface area (Å²) in [5, 5.41) is 9.59. The minimum Gasteiger partial charge on any atom is -0.192 e. The van der Waals surface area contributed by atoms with Gasteiger partial charge >= 0.3 is 0 Å². The lowest BCUT2D eigenvalue weighted by molar-refractivity contribution is 1.47. The van der Waals surface area contributed by atoms with E-state index in [1.807, 2.05) is 36.4 Å². The highest BCUT2D eigenvalue weighted by atomic mass is 79.9. The number of hydrogen-bond acceptors (Lipinski definition) is 1. The normalized spacial score (nSPS) is 9.81. The molecule has 16 heavy (non-hydrogen) atoms. The van der Waals surface area contributed by atoms with E-state index in [1.165, 1.54) is 0 Å². The molecule has 78 valence electrons. The van der Waals surface area contributed by atoms with E-state index in [0.717, 1.165) is 15.6 Å². The van der Waals surface area contributed by atoms with Crippen LogP contribution in [0.4, 0.5) is 0 Å². The summed E-state index contributed by atoms with van der Waals surface area (Å²) in [5.41, 5.74) is 2.68. The first-order valence-electron chi connectivity index (χ1n) is 4.65. The lowest BCUT2D eigenvalue weighted by Crippen LogP contribution is -1.81. The highest BCUT2D eigenvalue weighted by Gasteiger charge is 2.01. The number of benzene rings is 2. The number of nitriles is 1. The third-order valence-corrected chi connectivity index (χ3v) is 2.91. The molecule has 2 aromatic rings. The topological polar surface area (TPSA) is 23.8 Å². The van der Waals surface area contributed by atoms with Crippen molar-refractivity contribution in [3.05, 3.63) is 57.5 Å². The van der Waals surface area contributed by atoms with Crippen molar-refractivity contribution >= 4 is 27.5 Å². The van der Waals surface area contributed by atoms with Crippen molar-refractivity contribution in [3.63, 3.8) is 0 Å². The molecule has 0 aliphatic rings. The Morgan fingerprint density at radius 3 is 2.31 bits per heavy atom. The van der Waals surface area contributed by atoms with Crippen LogP contribution in [0.2, 0.25) is 5.02 Å². The van der Waals surface area contributed by atoms with Gasteiger partial charge in [-0.05, 0) is 41.5 Å². The molecule has 0 spiro atoms. The molecule has 0 saturated carbocycles. The first-order valence-corrected chi connectivity index (χ1v) is 5.83. The van der Waals surface area contributed by atoms with Gasteiger partial charge in [0.2, 0.25) is 0 Å². The zero-order valence-electron chi connectivity index (χ0n) is 8.24. The molecule has 0 unspecified atom stereocenters. The molecule has 1 nitrogen and oxygen atoms in total. The van der Waals surface area contributed by atoms with Crippen LogP contribution in [0.25, 0.3) is 11.1 Å². The van der Waals surface area contributed by atoms with Gasteiger partial charge in [0, 0.05) is 9.50 Å². The highest BCUT2D eigenvalue weighted by molar-refractivity contribution is 9.10. The van der Waals surface area contributed by atoms with E-state index in [9.17, 15) is 0 Å². The van der Waals surface area contributed by atoms with Crippen molar-refractivity contribution in [2.45, 2.75) is 0 Å². The van der Waals surface area contributed by atoms with Crippen molar-refractivity contribution in [1.82, 2.24) is 0 Å². The fourth-order valence-corrected chi connectivity index (χ4v) is 2.08. The molecule has 0 saturated heterocycles. The van der Waals surface area contributed by atoms with E-state index in [0.29, 0.717) is 10.6 Å². The molecule has 0 aliphatic heterocycles. The minimum atomic E-state index is 0.638. The van der Waals surface area contributed by atoms with Crippen LogP contribution < -0.4 is 0 Å². The van der Waals surface area contributed by atoms with Gasteiger partial charge in [-0.25, -0.2) is 0 Å². The molecule has 0 aromatic heterocycles. The summed E-state index contributed by atoms with van der Waals surface area (Å²) in [6.45, 7) is 0. The molecule has 0 atom stereocenters. The van der Waals surface area contributed by atoms with Crippen LogP contribution in [0, 0.1) is 11.3 Å². The summed E-state index contributed by atoms with van der Waals surface area (Å²) < 4.78 is 0.900. The summed E-state index contributed by atoms with van der Waals surface area (Å²) in [6.07, 6.45) is 0. The molecule has 0 N–H and O–H groups in total. The smallest absolute Gasteiger partial charge is 0.0992 e. The monoisotopic (exact) mass is 291 g/mol. The fraction of sp³-hybridized carbons (Fsp3) is 0. The van der Waals surface area contributed by atoms with Crippen molar-refractivity contribution in [2.75, 3.05) is 0 Å². The second-order valence-electron chi connectivity index (χ2n) is 3.35. The van der Waals surface area contributed by atoms with Crippen molar-refractivity contribution in [3.8, 4) is 17.2 Å².